The highest BCUT2D eigenvalue weighted by molar-refractivity contribution is 7.52. The smallest absolute Gasteiger partial charge is 0.439 e. The lowest BCUT2D eigenvalue weighted by atomic mass is 9.65. The molecule has 2 aromatic rings. The second-order valence-electron chi connectivity index (χ2n) is 8.56. The summed E-state index contributed by atoms with van der Waals surface area (Å²) in [5, 5.41) is 11.1. The van der Waals surface area contributed by atoms with Crippen LogP contribution < -0.4 is 0 Å². The van der Waals surface area contributed by atoms with Crippen LogP contribution in [-0.4, -0.2) is 47.7 Å². The lowest BCUT2D eigenvalue weighted by Gasteiger charge is -2.53. The fourth-order valence-corrected chi connectivity index (χ4v) is 7.76. The van der Waals surface area contributed by atoms with Crippen LogP contribution in [0, 0.1) is 11.8 Å². The average molecular weight is 404 g/mol. The van der Waals surface area contributed by atoms with Crippen LogP contribution >= 0.6 is 7.75 Å². The van der Waals surface area contributed by atoms with E-state index < -0.39 is 7.75 Å². The number of benzene rings is 1. The van der Waals surface area contributed by atoms with E-state index in [9.17, 15) is 9.67 Å². The number of hydrogen-bond acceptors (Lipinski definition) is 5. The van der Waals surface area contributed by atoms with Gasteiger partial charge in [-0.1, -0.05) is 13.3 Å². The van der Waals surface area contributed by atoms with Gasteiger partial charge in [0.25, 0.3) is 0 Å². The second-order valence-corrected chi connectivity index (χ2v) is 10.6. The first-order chi connectivity index (χ1) is 13.5. The monoisotopic (exact) mass is 404 g/mol. The van der Waals surface area contributed by atoms with Crippen molar-refractivity contribution in [3.8, 4) is 5.75 Å². The summed E-state index contributed by atoms with van der Waals surface area (Å²) < 4.78 is 26.4. The minimum absolute atomic E-state index is 0.234. The van der Waals surface area contributed by atoms with Gasteiger partial charge in [-0.25, -0.2) is 4.57 Å². The van der Waals surface area contributed by atoms with Gasteiger partial charge in [-0.05, 0) is 54.9 Å². The Hall–Kier alpha value is -1.33. The van der Waals surface area contributed by atoms with Crippen LogP contribution in [0.4, 0.5) is 0 Å². The van der Waals surface area contributed by atoms with Gasteiger partial charge in [0.15, 0.2) is 0 Å². The van der Waals surface area contributed by atoms with Crippen LogP contribution in [0.3, 0.4) is 0 Å². The molecule has 3 aliphatic heterocycles. The molecule has 7 heteroatoms. The number of rotatable bonds is 4. The van der Waals surface area contributed by atoms with Gasteiger partial charge in [-0.15, -0.1) is 0 Å². The Balaban J connectivity index is 1.81. The van der Waals surface area contributed by atoms with Gasteiger partial charge in [0.1, 0.15) is 5.75 Å². The average Bonchev–Trinajstić information content (AvgIpc) is 2.99. The summed E-state index contributed by atoms with van der Waals surface area (Å²) in [7, 11) is -0.602. The molecule has 4 aliphatic rings. The third kappa shape index (κ3) is 2.48. The second kappa shape index (κ2) is 6.60. The third-order valence-electron chi connectivity index (χ3n) is 7.33. The fourth-order valence-electron chi connectivity index (χ4n) is 6.31. The van der Waals surface area contributed by atoms with E-state index in [-0.39, 0.29) is 5.75 Å². The molecule has 3 unspecified atom stereocenters. The Morgan fingerprint density at radius 3 is 2.75 bits per heavy atom. The minimum Gasteiger partial charge on any atom is -0.508 e. The van der Waals surface area contributed by atoms with E-state index in [4.69, 9.17) is 9.05 Å². The van der Waals surface area contributed by atoms with Crippen molar-refractivity contribution in [2.24, 2.45) is 11.8 Å². The molecule has 0 radical (unpaired) electrons. The molecule has 1 N–H and O–H groups in total. The molecule has 6 rings (SSSR count). The van der Waals surface area contributed by atoms with E-state index in [0.29, 0.717) is 23.8 Å². The summed E-state index contributed by atoms with van der Waals surface area (Å²) in [6.07, 6.45) is 4.50. The van der Waals surface area contributed by atoms with Gasteiger partial charge in [0.2, 0.25) is 0 Å². The number of phenolic OH excluding ortho intramolecular Hbond substituents is 1. The molecule has 0 spiro atoms. The predicted octanol–water partition coefficient (Wildman–Crippen LogP) is 4.36. The standard InChI is InChI=1S/C21H29N2O4P/c1-4-14-9-13-10-18-20(14)22(12-13)8-7-16-17-11-15(24)5-6-19(17)23(21(16)18)28(25,26-2)27-3/h5-6,11,13-14,18,20,24H,4,7-10,12H2,1-3H3/t13-,14?,18+,20?/m0/s1. The Kier molecular flexibility index (Phi) is 4.40. The van der Waals surface area contributed by atoms with E-state index in [0.717, 1.165) is 36.0 Å². The lowest BCUT2D eigenvalue weighted by Crippen LogP contribution is -2.56. The number of phenols is 1. The molecule has 1 aliphatic carbocycles. The highest BCUT2D eigenvalue weighted by atomic mass is 31.2. The van der Waals surface area contributed by atoms with E-state index in [1.54, 1.807) is 12.1 Å². The molecule has 3 fully saturated rings. The van der Waals surface area contributed by atoms with Crippen molar-refractivity contribution in [1.82, 2.24) is 9.24 Å². The van der Waals surface area contributed by atoms with Crippen molar-refractivity contribution in [3.05, 3.63) is 29.5 Å². The zero-order chi connectivity index (χ0) is 19.6. The lowest BCUT2D eigenvalue weighted by molar-refractivity contribution is -0.0138. The normalized spacial score (nSPS) is 31.8. The minimum atomic E-state index is -3.51. The van der Waals surface area contributed by atoms with Gasteiger partial charge in [0.05, 0.1) is 5.52 Å². The zero-order valence-corrected chi connectivity index (χ0v) is 17.7. The van der Waals surface area contributed by atoms with Gasteiger partial charge in [-0.2, -0.15) is 0 Å². The maximum atomic E-state index is 13.7. The Bertz CT molecular complexity index is 963. The maximum absolute atomic E-state index is 13.7. The van der Waals surface area contributed by atoms with Crippen molar-refractivity contribution in [3.63, 3.8) is 0 Å². The van der Waals surface area contributed by atoms with Crippen LogP contribution in [0.5, 0.6) is 5.75 Å². The molecule has 6 nitrogen and oxygen atoms in total. The predicted molar refractivity (Wildman–Crippen MR) is 109 cm³/mol. The molecule has 4 bridgehead atoms. The molecule has 4 heterocycles. The molecule has 1 saturated carbocycles. The highest BCUT2D eigenvalue weighted by Gasteiger charge is 2.50. The molecule has 5 atom stereocenters. The van der Waals surface area contributed by atoms with Crippen molar-refractivity contribution in [1.29, 1.82) is 0 Å². The molecule has 1 aromatic heterocycles. The van der Waals surface area contributed by atoms with Crippen molar-refractivity contribution in [2.45, 2.75) is 44.6 Å². The summed E-state index contributed by atoms with van der Waals surface area (Å²) in [6, 6.07) is 5.79. The fraction of sp³-hybridized carbons (Fsp3) is 0.619. The van der Waals surface area contributed by atoms with E-state index in [1.165, 1.54) is 39.2 Å². The van der Waals surface area contributed by atoms with Gasteiger partial charge in [0, 0.05) is 50.3 Å². The summed E-state index contributed by atoms with van der Waals surface area (Å²) in [4.78, 5) is 2.67. The molecule has 28 heavy (non-hydrogen) atoms. The van der Waals surface area contributed by atoms with E-state index >= 15 is 0 Å². The summed E-state index contributed by atoms with van der Waals surface area (Å²) >= 11 is 0. The Morgan fingerprint density at radius 2 is 2.04 bits per heavy atom. The number of nitrogens with zero attached hydrogens (tertiary/aromatic N) is 2. The van der Waals surface area contributed by atoms with Crippen molar-refractivity contribution < 1.29 is 18.7 Å². The van der Waals surface area contributed by atoms with E-state index in [1.807, 2.05) is 10.4 Å². The third-order valence-corrected chi connectivity index (χ3v) is 9.18. The van der Waals surface area contributed by atoms with Gasteiger partial charge >= 0.3 is 7.75 Å². The van der Waals surface area contributed by atoms with Crippen LogP contribution in [0.25, 0.3) is 10.9 Å². The topological polar surface area (TPSA) is 63.9 Å². The SMILES string of the molecule is CCC1C[C@H]2C[C@H]3c4c(c5cc(O)ccc5n4P(=O)(OC)OC)CCN(C2)C13. The van der Waals surface area contributed by atoms with E-state index in [2.05, 4.69) is 11.8 Å². The summed E-state index contributed by atoms with van der Waals surface area (Å²) in [5.74, 6) is 1.92. The van der Waals surface area contributed by atoms with Crippen molar-refractivity contribution in [2.75, 3.05) is 27.3 Å². The number of fused-ring (bicyclic) bond motifs is 4. The molecule has 152 valence electrons. The quantitative estimate of drug-likeness (QED) is 0.768. The number of hydrogen-bond donors (Lipinski definition) is 1. The number of aromatic nitrogens is 1. The zero-order valence-electron chi connectivity index (χ0n) is 16.8. The summed E-state index contributed by atoms with van der Waals surface area (Å²) in [5.41, 5.74) is 3.15. The van der Waals surface area contributed by atoms with Crippen LogP contribution in [0.15, 0.2) is 18.2 Å². The highest BCUT2D eigenvalue weighted by Crippen LogP contribution is 2.58. The first-order valence-corrected chi connectivity index (χ1v) is 11.8. The summed E-state index contributed by atoms with van der Waals surface area (Å²) in [6.45, 7) is 4.49. The van der Waals surface area contributed by atoms with Crippen LogP contribution in [-0.2, 0) is 20.0 Å². The Morgan fingerprint density at radius 1 is 1.25 bits per heavy atom. The van der Waals surface area contributed by atoms with Crippen LogP contribution in [0.2, 0.25) is 0 Å². The van der Waals surface area contributed by atoms with Crippen LogP contribution in [0.1, 0.15) is 43.4 Å². The number of aromatic hydroxyl groups is 1. The van der Waals surface area contributed by atoms with Gasteiger partial charge in [-0.3, -0.25) is 18.3 Å². The molecular weight excluding hydrogens is 375 g/mol. The maximum Gasteiger partial charge on any atom is 0.439 e. The number of piperidine rings is 2. The molecule has 2 saturated heterocycles. The first kappa shape index (κ1) is 18.7. The molecule has 0 amide bonds. The molecular formula is C21H29N2O4P. The van der Waals surface area contributed by atoms with Gasteiger partial charge < -0.3 is 5.11 Å². The molecule has 1 aromatic carbocycles. The Labute approximate surface area is 166 Å². The van der Waals surface area contributed by atoms with Crippen molar-refractivity contribution >= 4 is 18.6 Å². The first-order valence-electron chi connectivity index (χ1n) is 10.3. The largest absolute Gasteiger partial charge is 0.508 e.